The summed E-state index contributed by atoms with van der Waals surface area (Å²) in [5.74, 6) is 0.557. The van der Waals surface area contributed by atoms with Crippen LogP contribution in [0.2, 0.25) is 0 Å². The van der Waals surface area contributed by atoms with Crippen molar-refractivity contribution >= 4 is 23.2 Å². The van der Waals surface area contributed by atoms with Gasteiger partial charge in [0.15, 0.2) is 11.2 Å². The lowest BCUT2D eigenvalue weighted by molar-refractivity contribution is 0.0499. The zero-order valence-corrected chi connectivity index (χ0v) is 21.4. The first kappa shape index (κ1) is 26.1. The molecule has 3 heterocycles. The number of hydrogen-bond acceptors (Lipinski definition) is 7. The molecule has 1 atom stereocenters. The van der Waals surface area contributed by atoms with Crippen LogP contribution in [0.5, 0.6) is 0 Å². The highest BCUT2D eigenvalue weighted by Crippen LogP contribution is 2.24. The molecule has 35 heavy (non-hydrogen) atoms. The molecule has 0 aliphatic carbocycles. The minimum atomic E-state index is -0.593. The fourth-order valence-corrected chi connectivity index (χ4v) is 4.15. The van der Waals surface area contributed by atoms with E-state index >= 15 is 0 Å². The highest BCUT2D eigenvalue weighted by atomic mass is 16.6. The van der Waals surface area contributed by atoms with Crippen molar-refractivity contribution in [2.45, 2.75) is 78.6 Å². The Labute approximate surface area is 204 Å². The van der Waals surface area contributed by atoms with Crippen molar-refractivity contribution in [1.82, 2.24) is 24.0 Å². The first-order valence-corrected chi connectivity index (χ1v) is 11.9. The highest BCUT2D eigenvalue weighted by molar-refractivity contribution is 5.75. The third-order valence-electron chi connectivity index (χ3n) is 5.76. The maximum Gasteiger partial charge on any atom is 0.407 e. The summed E-state index contributed by atoms with van der Waals surface area (Å²) < 4.78 is 9.68. The highest BCUT2D eigenvalue weighted by Gasteiger charge is 2.29. The first-order chi connectivity index (χ1) is 16.4. The third-order valence-corrected chi connectivity index (χ3v) is 5.76. The monoisotopic (exact) mass is 485 g/mol. The summed E-state index contributed by atoms with van der Waals surface area (Å²) in [6, 6.07) is 1.90. The van der Waals surface area contributed by atoms with E-state index in [1.165, 1.54) is 11.6 Å². The molecule has 1 saturated heterocycles. The molecule has 1 N–H and O–H groups in total. The zero-order chi connectivity index (χ0) is 25.9. The summed E-state index contributed by atoms with van der Waals surface area (Å²) >= 11 is 0. The van der Waals surface area contributed by atoms with Gasteiger partial charge in [0.05, 0.1) is 12.5 Å². The fraction of sp³-hybridized carbons (Fsp3) is 0.625. The lowest BCUT2D eigenvalue weighted by Crippen LogP contribution is -2.49. The quantitative estimate of drug-likeness (QED) is 0.622. The van der Waals surface area contributed by atoms with E-state index in [-0.39, 0.29) is 24.7 Å². The average molecular weight is 486 g/mol. The Balaban J connectivity index is 2.07. The van der Waals surface area contributed by atoms with Crippen molar-refractivity contribution in [2.24, 2.45) is 7.05 Å². The summed E-state index contributed by atoms with van der Waals surface area (Å²) in [6.07, 6.45) is 3.25. The molecule has 3 rings (SSSR count). The van der Waals surface area contributed by atoms with Gasteiger partial charge < -0.3 is 19.5 Å². The number of fused-ring (bicyclic) bond motifs is 1. The minimum Gasteiger partial charge on any atom is -0.444 e. The topological polar surface area (TPSA) is 127 Å². The van der Waals surface area contributed by atoms with Gasteiger partial charge in [-0.15, -0.1) is 0 Å². The van der Waals surface area contributed by atoms with Crippen LogP contribution in [0, 0.1) is 11.3 Å². The van der Waals surface area contributed by atoms with Crippen LogP contribution < -0.4 is 21.5 Å². The number of nitriles is 1. The van der Waals surface area contributed by atoms with Crippen molar-refractivity contribution in [1.29, 1.82) is 5.26 Å². The lowest BCUT2D eigenvalue weighted by atomic mass is 10.1. The molecule has 1 fully saturated rings. The fourth-order valence-electron chi connectivity index (χ4n) is 4.15. The summed E-state index contributed by atoms with van der Waals surface area (Å²) in [4.78, 5) is 45.2. The Morgan fingerprint density at radius 1 is 1.29 bits per heavy atom. The van der Waals surface area contributed by atoms with Gasteiger partial charge in [0.25, 0.3) is 5.56 Å². The van der Waals surface area contributed by atoms with Crippen LogP contribution in [-0.2, 0) is 24.9 Å². The van der Waals surface area contributed by atoms with Gasteiger partial charge in [0.2, 0.25) is 5.95 Å². The Kier molecular flexibility index (Phi) is 7.73. The van der Waals surface area contributed by atoms with Crippen LogP contribution in [0.15, 0.2) is 21.2 Å². The molecular weight excluding hydrogens is 450 g/mol. The number of nitrogens with zero attached hydrogens (tertiary/aromatic N) is 6. The number of allylic oxidation sites excluding steroid dienone is 2. The molecule has 11 nitrogen and oxygen atoms in total. The summed E-state index contributed by atoms with van der Waals surface area (Å²) in [5.41, 5.74) is 0.144. The Bertz CT molecular complexity index is 1280. The minimum absolute atomic E-state index is 0.120. The van der Waals surface area contributed by atoms with Gasteiger partial charge >= 0.3 is 11.8 Å². The number of aryl methyl sites for hydroxylation is 1. The van der Waals surface area contributed by atoms with Gasteiger partial charge in [-0.25, -0.2) is 9.59 Å². The van der Waals surface area contributed by atoms with Crippen LogP contribution in [0.3, 0.4) is 0 Å². The van der Waals surface area contributed by atoms with E-state index in [9.17, 15) is 14.4 Å². The van der Waals surface area contributed by atoms with Crippen LogP contribution in [0.4, 0.5) is 10.7 Å². The predicted octanol–water partition coefficient (Wildman–Crippen LogP) is 2.27. The third kappa shape index (κ3) is 5.93. The zero-order valence-electron chi connectivity index (χ0n) is 21.4. The van der Waals surface area contributed by atoms with E-state index in [1.807, 2.05) is 50.2 Å². The molecule has 0 aromatic carbocycles. The number of carbonyl (C=O) groups excluding carboxylic acids is 1. The van der Waals surface area contributed by atoms with Crippen molar-refractivity contribution in [3.05, 3.63) is 32.5 Å². The Morgan fingerprint density at radius 3 is 2.63 bits per heavy atom. The van der Waals surface area contributed by atoms with Crippen LogP contribution in [-0.4, -0.2) is 49.5 Å². The molecule has 1 aliphatic heterocycles. The van der Waals surface area contributed by atoms with Crippen molar-refractivity contribution < 1.29 is 9.53 Å². The summed E-state index contributed by atoms with van der Waals surface area (Å²) in [5, 5.41) is 12.0. The van der Waals surface area contributed by atoms with Gasteiger partial charge in [-0.2, -0.15) is 10.2 Å². The largest absolute Gasteiger partial charge is 0.444 e. The number of alkyl carbamates (subject to hydrolysis) is 1. The molecule has 2 aromatic rings. The van der Waals surface area contributed by atoms with E-state index < -0.39 is 22.9 Å². The molecule has 0 radical (unpaired) electrons. The van der Waals surface area contributed by atoms with Gasteiger partial charge in [-0.05, 0) is 47.5 Å². The van der Waals surface area contributed by atoms with Gasteiger partial charge in [0, 0.05) is 39.3 Å². The maximum atomic E-state index is 13.2. The van der Waals surface area contributed by atoms with Crippen LogP contribution in [0.25, 0.3) is 11.2 Å². The van der Waals surface area contributed by atoms with E-state index in [0.717, 1.165) is 23.0 Å². The average Bonchev–Trinajstić information content (AvgIpc) is 3.14. The maximum absolute atomic E-state index is 13.2. The molecule has 0 bridgehead atoms. The van der Waals surface area contributed by atoms with E-state index in [0.29, 0.717) is 31.1 Å². The molecule has 0 saturated carbocycles. The van der Waals surface area contributed by atoms with Crippen molar-refractivity contribution in [2.75, 3.05) is 18.0 Å². The van der Waals surface area contributed by atoms with Gasteiger partial charge in [-0.3, -0.25) is 13.9 Å². The number of anilines is 1. The molecule has 1 aliphatic rings. The normalized spacial score (nSPS) is 16.1. The van der Waals surface area contributed by atoms with Gasteiger partial charge in [0.1, 0.15) is 5.60 Å². The van der Waals surface area contributed by atoms with Gasteiger partial charge in [-0.1, -0.05) is 11.6 Å². The number of amides is 1. The first-order valence-electron chi connectivity index (χ1n) is 11.9. The number of imidazole rings is 1. The van der Waals surface area contributed by atoms with E-state index in [2.05, 4.69) is 11.4 Å². The van der Waals surface area contributed by atoms with E-state index in [4.69, 9.17) is 15.0 Å². The second-order valence-corrected chi connectivity index (χ2v) is 10.1. The SMILES string of the molecule is CC(C)=CCn1c(N2CCCC(NC(=O)OC(C)(C)C)C2)nc2c1c(=O)n(C)c(=O)n2CCC#N. The number of aromatic nitrogens is 4. The Hall–Kier alpha value is -3.55. The number of nitrogens with one attached hydrogen (secondary N) is 1. The van der Waals surface area contributed by atoms with Crippen LogP contribution in [0.1, 0.15) is 53.9 Å². The predicted molar refractivity (Wildman–Crippen MR) is 133 cm³/mol. The number of hydrogen-bond donors (Lipinski definition) is 1. The Morgan fingerprint density at radius 2 is 2.00 bits per heavy atom. The molecule has 2 aromatic heterocycles. The van der Waals surface area contributed by atoms with Crippen molar-refractivity contribution in [3.63, 3.8) is 0 Å². The number of ether oxygens (including phenoxy) is 1. The molecule has 11 heteroatoms. The number of rotatable bonds is 6. The lowest BCUT2D eigenvalue weighted by Gasteiger charge is -2.34. The summed E-state index contributed by atoms with van der Waals surface area (Å²) in [6.45, 7) is 11.1. The second-order valence-electron chi connectivity index (χ2n) is 10.1. The molecule has 1 amide bonds. The van der Waals surface area contributed by atoms with E-state index in [1.54, 1.807) is 0 Å². The number of carbonyl (C=O) groups is 1. The molecule has 190 valence electrons. The van der Waals surface area contributed by atoms with Crippen molar-refractivity contribution in [3.8, 4) is 6.07 Å². The smallest absolute Gasteiger partial charge is 0.407 e. The second kappa shape index (κ2) is 10.4. The molecular formula is C24H35N7O4. The molecule has 0 spiro atoms. The number of piperidine rings is 1. The van der Waals surface area contributed by atoms with Crippen LogP contribution >= 0.6 is 0 Å². The standard InChI is InChI=1S/C24H35N7O4/c1-16(2)10-14-30-18-19(31(13-8-11-25)23(34)28(6)20(18)32)27-21(30)29-12-7-9-17(15-29)26-22(33)35-24(3,4)5/h10,17H,7-9,12-15H2,1-6H3,(H,26,33). The summed E-state index contributed by atoms with van der Waals surface area (Å²) in [7, 11) is 1.44. The molecule has 1 unspecified atom stereocenters.